The van der Waals surface area contributed by atoms with Crippen molar-refractivity contribution in [1.82, 2.24) is 9.88 Å². The maximum absolute atomic E-state index is 13.6. The molecule has 1 aromatic heterocycles. The Morgan fingerprint density at radius 1 is 1.03 bits per heavy atom. The minimum atomic E-state index is -0.188. The van der Waals surface area contributed by atoms with Crippen LogP contribution in [0.1, 0.15) is 33.2 Å². The van der Waals surface area contributed by atoms with Gasteiger partial charge in [-0.2, -0.15) is 0 Å². The van der Waals surface area contributed by atoms with Crippen LogP contribution in [-0.2, 0) is 6.42 Å². The van der Waals surface area contributed by atoms with Crippen molar-refractivity contribution in [3.8, 4) is 5.75 Å². The van der Waals surface area contributed by atoms with E-state index < -0.39 is 0 Å². The fourth-order valence-corrected chi connectivity index (χ4v) is 4.84. The Balaban J connectivity index is 1.66. The van der Waals surface area contributed by atoms with Gasteiger partial charge in [0.25, 0.3) is 5.91 Å². The summed E-state index contributed by atoms with van der Waals surface area (Å²) < 4.78 is 6.15. The van der Waals surface area contributed by atoms with Crippen molar-refractivity contribution in [1.29, 1.82) is 0 Å². The van der Waals surface area contributed by atoms with E-state index in [4.69, 9.17) is 4.74 Å². The number of hydrogen-bond donors (Lipinski definition) is 1. The molecule has 5 heteroatoms. The molecular formula is C25H21BrN2O2. The fourth-order valence-electron chi connectivity index (χ4n) is 4.38. The molecular weight excluding hydrogens is 440 g/mol. The van der Waals surface area contributed by atoms with Crippen LogP contribution < -0.4 is 4.74 Å². The van der Waals surface area contributed by atoms with Gasteiger partial charge in [-0.1, -0.05) is 42.5 Å². The van der Waals surface area contributed by atoms with E-state index in [-0.39, 0.29) is 11.9 Å². The predicted octanol–water partition coefficient (Wildman–Crippen LogP) is 5.73. The monoisotopic (exact) mass is 460 g/mol. The fraction of sp³-hybridized carbons (Fsp3) is 0.160. The highest BCUT2D eigenvalue weighted by Gasteiger charge is 2.35. The lowest BCUT2D eigenvalue weighted by Crippen LogP contribution is -2.40. The highest BCUT2D eigenvalue weighted by Crippen LogP contribution is 2.39. The minimum absolute atomic E-state index is 0.0209. The summed E-state index contributed by atoms with van der Waals surface area (Å²) in [5, 5.41) is 1.24. The molecule has 1 atom stereocenters. The summed E-state index contributed by atoms with van der Waals surface area (Å²) in [4.78, 5) is 19.2. The van der Waals surface area contributed by atoms with Crippen LogP contribution in [0.2, 0.25) is 0 Å². The summed E-state index contributed by atoms with van der Waals surface area (Å²) in [6, 6.07) is 23.8. The van der Waals surface area contributed by atoms with Crippen molar-refractivity contribution in [2.45, 2.75) is 12.5 Å². The lowest BCUT2D eigenvalue weighted by molar-refractivity contribution is 0.0691. The van der Waals surface area contributed by atoms with E-state index in [9.17, 15) is 4.79 Å². The van der Waals surface area contributed by atoms with Crippen LogP contribution in [-0.4, -0.2) is 29.4 Å². The third-order valence-corrected chi connectivity index (χ3v) is 6.52. The number of halogens is 1. The van der Waals surface area contributed by atoms with Gasteiger partial charge in [0.1, 0.15) is 5.75 Å². The second kappa shape index (κ2) is 7.65. The molecule has 1 aliphatic rings. The van der Waals surface area contributed by atoms with Gasteiger partial charge in [0.15, 0.2) is 0 Å². The van der Waals surface area contributed by atoms with Crippen LogP contribution in [0, 0.1) is 0 Å². The van der Waals surface area contributed by atoms with Crippen LogP contribution >= 0.6 is 15.9 Å². The standard InChI is InChI=1S/C25H21BrN2O2/c1-30-17-12-10-16(11-13-17)24-23-19(18-6-3-5-9-22(18)27-23)14-15-28(24)25(29)20-7-2-4-8-21(20)26/h2-13,24,27H,14-15H2,1H3/t24-/m1/s1. The summed E-state index contributed by atoms with van der Waals surface area (Å²) >= 11 is 3.55. The minimum Gasteiger partial charge on any atom is -0.497 e. The molecule has 1 N–H and O–H groups in total. The Labute approximate surface area is 183 Å². The number of para-hydroxylation sites is 1. The topological polar surface area (TPSA) is 45.3 Å². The average molecular weight is 461 g/mol. The van der Waals surface area contributed by atoms with E-state index >= 15 is 0 Å². The molecule has 0 fully saturated rings. The number of fused-ring (bicyclic) bond motifs is 3. The Kier molecular flexibility index (Phi) is 4.83. The van der Waals surface area contributed by atoms with Gasteiger partial charge < -0.3 is 14.6 Å². The van der Waals surface area contributed by atoms with Gasteiger partial charge in [0.05, 0.1) is 18.7 Å². The molecule has 4 nitrogen and oxygen atoms in total. The number of hydrogen-bond acceptors (Lipinski definition) is 2. The lowest BCUT2D eigenvalue weighted by Gasteiger charge is -2.36. The van der Waals surface area contributed by atoms with Gasteiger partial charge in [-0.25, -0.2) is 0 Å². The quantitative estimate of drug-likeness (QED) is 0.424. The summed E-state index contributed by atoms with van der Waals surface area (Å²) in [5.41, 5.74) is 5.23. The first-order chi connectivity index (χ1) is 14.7. The molecule has 0 unspecified atom stereocenters. The van der Waals surface area contributed by atoms with Crippen molar-refractivity contribution in [3.63, 3.8) is 0 Å². The second-order valence-corrected chi connectivity index (χ2v) is 8.32. The van der Waals surface area contributed by atoms with Crippen molar-refractivity contribution >= 4 is 32.7 Å². The van der Waals surface area contributed by atoms with Crippen molar-refractivity contribution < 1.29 is 9.53 Å². The predicted molar refractivity (Wildman–Crippen MR) is 122 cm³/mol. The van der Waals surface area contributed by atoms with Crippen LogP contribution in [0.4, 0.5) is 0 Å². The van der Waals surface area contributed by atoms with Crippen molar-refractivity contribution in [2.24, 2.45) is 0 Å². The van der Waals surface area contributed by atoms with E-state index in [0.29, 0.717) is 12.1 Å². The molecule has 0 saturated heterocycles. The Morgan fingerprint density at radius 3 is 2.53 bits per heavy atom. The second-order valence-electron chi connectivity index (χ2n) is 7.47. The molecule has 0 bridgehead atoms. The number of nitrogens with one attached hydrogen (secondary N) is 1. The summed E-state index contributed by atoms with van der Waals surface area (Å²) in [6.07, 6.45) is 0.822. The number of H-pyrrole nitrogens is 1. The van der Waals surface area contributed by atoms with Gasteiger partial charge in [-0.15, -0.1) is 0 Å². The maximum atomic E-state index is 13.6. The van der Waals surface area contributed by atoms with Crippen LogP contribution in [0.25, 0.3) is 10.9 Å². The van der Waals surface area contributed by atoms with E-state index in [1.165, 1.54) is 10.9 Å². The van der Waals surface area contributed by atoms with Crippen molar-refractivity contribution in [3.05, 3.63) is 99.7 Å². The number of carbonyl (C=O) groups is 1. The van der Waals surface area contributed by atoms with Crippen LogP contribution in [0.15, 0.2) is 77.3 Å². The van der Waals surface area contributed by atoms with Crippen LogP contribution in [0.5, 0.6) is 5.75 Å². The zero-order valence-corrected chi connectivity index (χ0v) is 18.1. The Morgan fingerprint density at radius 2 is 1.77 bits per heavy atom. The number of amides is 1. The SMILES string of the molecule is COc1ccc([C@@H]2c3[nH]c4ccccc4c3CCN2C(=O)c2ccccc2Br)cc1. The maximum Gasteiger partial charge on any atom is 0.255 e. The molecule has 0 spiro atoms. The molecule has 5 rings (SSSR count). The van der Waals surface area contributed by atoms with E-state index in [0.717, 1.165) is 33.4 Å². The molecule has 0 radical (unpaired) electrons. The zero-order valence-electron chi connectivity index (χ0n) is 16.6. The van der Waals surface area contributed by atoms with Gasteiger partial charge >= 0.3 is 0 Å². The number of benzene rings is 3. The number of aromatic nitrogens is 1. The Bertz CT molecular complexity index is 1230. The zero-order chi connectivity index (χ0) is 20.7. The molecule has 1 aliphatic heterocycles. The smallest absolute Gasteiger partial charge is 0.255 e. The van der Waals surface area contributed by atoms with Gasteiger partial charge in [-0.05, 0) is 63.8 Å². The van der Waals surface area contributed by atoms with Gasteiger partial charge in [-0.3, -0.25) is 4.79 Å². The first-order valence-electron chi connectivity index (χ1n) is 9.96. The summed E-state index contributed by atoms with van der Waals surface area (Å²) in [7, 11) is 1.66. The van der Waals surface area contributed by atoms with E-state index in [2.05, 4.69) is 39.1 Å². The molecule has 30 heavy (non-hydrogen) atoms. The lowest BCUT2D eigenvalue weighted by atomic mass is 9.91. The first-order valence-corrected chi connectivity index (χ1v) is 10.8. The Hall–Kier alpha value is -3.05. The summed E-state index contributed by atoms with van der Waals surface area (Å²) in [6.45, 7) is 0.658. The molecule has 3 aromatic carbocycles. The number of nitrogens with zero attached hydrogens (tertiary/aromatic N) is 1. The normalized spacial score (nSPS) is 15.8. The molecule has 2 heterocycles. The highest BCUT2D eigenvalue weighted by atomic mass is 79.9. The third-order valence-electron chi connectivity index (χ3n) is 5.83. The number of carbonyl (C=O) groups excluding carboxylic acids is 1. The van der Waals surface area contributed by atoms with Gasteiger partial charge in [0.2, 0.25) is 0 Å². The average Bonchev–Trinajstić information content (AvgIpc) is 3.17. The van der Waals surface area contributed by atoms with E-state index in [1.807, 2.05) is 59.5 Å². The number of ether oxygens (including phenoxy) is 1. The van der Waals surface area contributed by atoms with Crippen molar-refractivity contribution in [2.75, 3.05) is 13.7 Å². The molecule has 0 aliphatic carbocycles. The first kappa shape index (κ1) is 18.9. The third kappa shape index (κ3) is 3.10. The molecule has 0 saturated carbocycles. The molecule has 150 valence electrons. The number of rotatable bonds is 3. The van der Waals surface area contributed by atoms with E-state index in [1.54, 1.807) is 7.11 Å². The number of methoxy groups -OCH3 is 1. The van der Waals surface area contributed by atoms with Gasteiger partial charge in [0, 0.05) is 27.6 Å². The molecule has 1 amide bonds. The summed E-state index contributed by atoms with van der Waals surface area (Å²) in [5.74, 6) is 0.822. The van der Waals surface area contributed by atoms with Crippen LogP contribution in [0.3, 0.4) is 0 Å². The largest absolute Gasteiger partial charge is 0.497 e. The number of aromatic amines is 1. The molecule has 4 aromatic rings. The highest BCUT2D eigenvalue weighted by molar-refractivity contribution is 9.10.